The number of hydrogen-bond acceptors (Lipinski definition) is 2. The standard InChI is InChI=1S/C30H27FN2O3.C2H6/c31-26-11-10-25(28(34)32-23-16-30(17-23)14-22(15-30)29(35)36)27-24(26)12-13-33(27)18-19-6-8-21(9-7-19)20-4-2-1-3-5-20;1-2/h1-13,22-23H,14-18H2,(H,32,34)(H,35,36);1-2H3. The van der Waals surface area contributed by atoms with Gasteiger partial charge in [0.05, 0.1) is 17.0 Å². The van der Waals surface area contributed by atoms with Gasteiger partial charge in [0.1, 0.15) is 5.82 Å². The van der Waals surface area contributed by atoms with Gasteiger partial charge in [0.25, 0.3) is 5.91 Å². The zero-order valence-electron chi connectivity index (χ0n) is 21.8. The van der Waals surface area contributed by atoms with E-state index < -0.39 is 5.97 Å². The molecule has 3 aromatic carbocycles. The van der Waals surface area contributed by atoms with Gasteiger partial charge in [0.2, 0.25) is 0 Å². The first kappa shape index (κ1) is 25.7. The third-order valence-electron chi connectivity index (χ3n) is 7.93. The summed E-state index contributed by atoms with van der Waals surface area (Å²) in [6.45, 7) is 4.52. The largest absolute Gasteiger partial charge is 0.481 e. The quantitative estimate of drug-likeness (QED) is 0.295. The molecule has 1 amide bonds. The average molecular weight is 513 g/mol. The van der Waals surface area contributed by atoms with E-state index in [0.717, 1.165) is 29.5 Å². The molecular weight excluding hydrogens is 479 g/mol. The molecule has 0 aliphatic heterocycles. The van der Waals surface area contributed by atoms with Crippen molar-refractivity contribution in [2.24, 2.45) is 11.3 Å². The number of carboxylic acids is 1. The van der Waals surface area contributed by atoms with Crippen LogP contribution in [0, 0.1) is 17.2 Å². The third-order valence-corrected chi connectivity index (χ3v) is 7.93. The summed E-state index contributed by atoms with van der Waals surface area (Å²) in [6, 6.07) is 23.1. The monoisotopic (exact) mass is 512 g/mol. The summed E-state index contributed by atoms with van der Waals surface area (Å²) < 4.78 is 16.6. The van der Waals surface area contributed by atoms with Gasteiger partial charge in [-0.05, 0) is 66.0 Å². The minimum absolute atomic E-state index is 0.0290. The molecule has 2 aliphatic carbocycles. The number of carboxylic acid groups (broad SMARTS) is 1. The van der Waals surface area contributed by atoms with Gasteiger partial charge in [-0.3, -0.25) is 9.59 Å². The first-order valence-corrected chi connectivity index (χ1v) is 13.4. The van der Waals surface area contributed by atoms with Crippen molar-refractivity contribution in [3.63, 3.8) is 0 Å². The molecule has 0 unspecified atom stereocenters. The summed E-state index contributed by atoms with van der Waals surface area (Å²) in [6.07, 6.45) is 4.83. The van der Waals surface area contributed by atoms with Gasteiger partial charge < -0.3 is 15.0 Å². The van der Waals surface area contributed by atoms with E-state index in [1.54, 1.807) is 12.1 Å². The molecule has 0 bridgehead atoms. The predicted octanol–water partition coefficient (Wildman–Crippen LogP) is 6.90. The average Bonchev–Trinajstić information content (AvgIpc) is 3.31. The molecule has 4 aromatic rings. The number of fused-ring (bicyclic) bond motifs is 1. The first-order valence-electron chi connectivity index (χ1n) is 13.4. The van der Waals surface area contributed by atoms with Gasteiger partial charge in [0, 0.05) is 24.2 Å². The van der Waals surface area contributed by atoms with E-state index in [9.17, 15) is 14.0 Å². The second-order valence-corrected chi connectivity index (χ2v) is 10.4. The van der Waals surface area contributed by atoms with E-state index in [4.69, 9.17) is 5.11 Å². The van der Waals surface area contributed by atoms with Crippen molar-refractivity contribution in [3.8, 4) is 11.1 Å². The van der Waals surface area contributed by atoms with E-state index in [-0.39, 0.29) is 29.1 Å². The summed E-state index contributed by atoms with van der Waals surface area (Å²) in [5.41, 5.74) is 4.45. The number of hydrogen-bond donors (Lipinski definition) is 2. The van der Waals surface area contributed by atoms with Crippen molar-refractivity contribution in [1.29, 1.82) is 0 Å². The highest BCUT2D eigenvalue weighted by atomic mass is 19.1. The molecule has 6 rings (SSSR count). The Balaban J connectivity index is 0.00000144. The van der Waals surface area contributed by atoms with Crippen LogP contribution < -0.4 is 5.32 Å². The van der Waals surface area contributed by atoms with Crippen LogP contribution in [0.5, 0.6) is 0 Å². The van der Waals surface area contributed by atoms with E-state index in [1.807, 2.05) is 42.8 Å². The lowest BCUT2D eigenvalue weighted by molar-refractivity contribution is -0.155. The fourth-order valence-corrected chi connectivity index (χ4v) is 6.08. The molecule has 5 nitrogen and oxygen atoms in total. The van der Waals surface area contributed by atoms with Gasteiger partial charge >= 0.3 is 5.97 Å². The Morgan fingerprint density at radius 3 is 2.24 bits per heavy atom. The maximum Gasteiger partial charge on any atom is 0.306 e. The van der Waals surface area contributed by atoms with Crippen LogP contribution in [0.2, 0.25) is 0 Å². The molecule has 2 N–H and O–H groups in total. The molecule has 6 heteroatoms. The van der Waals surface area contributed by atoms with Gasteiger partial charge in [-0.1, -0.05) is 68.4 Å². The second kappa shape index (κ2) is 10.4. The minimum Gasteiger partial charge on any atom is -0.481 e. The zero-order valence-corrected chi connectivity index (χ0v) is 21.8. The summed E-state index contributed by atoms with van der Waals surface area (Å²) >= 11 is 0. The van der Waals surface area contributed by atoms with Gasteiger partial charge in [-0.15, -0.1) is 0 Å². The topological polar surface area (TPSA) is 71.3 Å². The van der Waals surface area contributed by atoms with Crippen LogP contribution in [0.15, 0.2) is 79.0 Å². The van der Waals surface area contributed by atoms with Crippen molar-refractivity contribution in [2.75, 3.05) is 0 Å². The number of nitrogens with one attached hydrogen (secondary N) is 1. The van der Waals surface area contributed by atoms with E-state index in [2.05, 4.69) is 41.7 Å². The zero-order chi connectivity index (χ0) is 26.9. The highest BCUT2D eigenvalue weighted by Crippen LogP contribution is 2.58. The van der Waals surface area contributed by atoms with E-state index in [1.165, 1.54) is 6.07 Å². The summed E-state index contributed by atoms with van der Waals surface area (Å²) in [4.78, 5) is 24.3. The third kappa shape index (κ3) is 4.83. The van der Waals surface area contributed by atoms with Crippen LogP contribution in [-0.4, -0.2) is 27.6 Å². The second-order valence-electron chi connectivity index (χ2n) is 10.4. The number of rotatable bonds is 6. The molecule has 196 valence electrons. The van der Waals surface area contributed by atoms with Crippen molar-refractivity contribution in [2.45, 2.75) is 52.1 Å². The first-order chi connectivity index (χ1) is 18.4. The lowest BCUT2D eigenvalue weighted by Crippen LogP contribution is -2.57. The Bertz CT molecular complexity index is 1450. The maximum atomic E-state index is 14.6. The van der Waals surface area contributed by atoms with Crippen LogP contribution in [0.25, 0.3) is 22.0 Å². The number of halogens is 1. The molecule has 0 saturated heterocycles. The van der Waals surface area contributed by atoms with Crippen LogP contribution in [0.3, 0.4) is 0 Å². The number of aliphatic carboxylic acids is 1. The lowest BCUT2D eigenvalue weighted by Gasteiger charge is -2.56. The molecule has 1 aromatic heterocycles. The Labute approximate surface area is 222 Å². The molecule has 38 heavy (non-hydrogen) atoms. The lowest BCUT2D eigenvalue weighted by atomic mass is 9.50. The summed E-state index contributed by atoms with van der Waals surface area (Å²) in [7, 11) is 0. The van der Waals surface area contributed by atoms with Gasteiger partial charge in [-0.25, -0.2) is 4.39 Å². The number of amides is 1. The molecular formula is C32H33FN2O3. The van der Waals surface area contributed by atoms with Gasteiger partial charge in [-0.2, -0.15) is 0 Å². The molecule has 0 radical (unpaired) electrons. The fraction of sp³-hybridized carbons (Fsp3) is 0.312. The SMILES string of the molecule is CC.O=C(NC1CC2(C1)CC(C(=O)O)C2)c1ccc(F)c2ccn(Cc3ccc(-c4ccccc4)cc3)c12. The molecule has 2 saturated carbocycles. The van der Waals surface area contributed by atoms with Crippen LogP contribution in [-0.2, 0) is 11.3 Å². The minimum atomic E-state index is -0.725. The normalized spacial score (nSPS) is 21.7. The Hall–Kier alpha value is -3.93. The summed E-state index contributed by atoms with van der Waals surface area (Å²) in [5, 5.41) is 12.7. The van der Waals surface area contributed by atoms with Crippen LogP contribution in [0.4, 0.5) is 4.39 Å². The van der Waals surface area contributed by atoms with Gasteiger partial charge in [0.15, 0.2) is 0 Å². The number of carbonyl (C=O) groups is 2. The molecule has 1 heterocycles. The highest BCUT2D eigenvalue weighted by molar-refractivity contribution is 6.06. The van der Waals surface area contributed by atoms with Crippen molar-refractivity contribution in [3.05, 3.63) is 95.9 Å². The maximum absolute atomic E-state index is 14.6. The Kier molecular flexibility index (Phi) is 7.06. The molecule has 2 aliphatic rings. The Morgan fingerprint density at radius 2 is 1.58 bits per heavy atom. The smallest absolute Gasteiger partial charge is 0.306 e. The number of nitrogens with zero attached hydrogens (tertiary/aromatic N) is 1. The molecule has 1 spiro atoms. The van der Waals surface area contributed by atoms with E-state index >= 15 is 0 Å². The van der Waals surface area contributed by atoms with Crippen molar-refractivity contribution >= 4 is 22.8 Å². The van der Waals surface area contributed by atoms with Crippen LogP contribution >= 0.6 is 0 Å². The summed E-state index contributed by atoms with van der Waals surface area (Å²) in [5.74, 6) is -1.54. The predicted molar refractivity (Wildman–Crippen MR) is 148 cm³/mol. The molecule has 0 atom stereocenters. The van der Waals surface area contributed by atoms with Crippen molar-refractivity contribution < 1.29 is 19.1 Å². The Morgan fingerprint density at radius 1 is 0.921 bits per heavy atom. The van der Waals surface area contributed by atoms with Crippen molar-refractivity contribution in [1.82, 2.24) is 9.88 Å². The number of aromatic nitrogens is 1. The number of carbonyl (C=O) groups excluding carboxylic acids is 1. The molecule has 2 fully saturated rings. The van der Waals surface area contributed by atoms with Crippen LogP contribution in [0.1, 0.15) is 55.5 Å². The highest BCUT2D eigenvalue weighted by Gasteiger charge is 2.55. The fourth-order valence-electron chi connectivity index (χ4n) is 6.08. The van der Waals surface area contributed by atoms with E-state index in [0.29, 0.717) is 35.9 Å². The number of benzene rings is 3.